The van der Waals surface area contributed by atoms with Gasteiger partial charge in [-0.3, -0.25) is 4.79 Å². The van der Waals surface area contributed by atoms with Crippen molar-refractivity contribution >= 4 is 15.7 Å². The van der Waals surface area contributed by atoms with Gasteiger partial charge in [-0.05, 0) is 57.7 Å². The van der Waals surface area contributed by atoms with Crippen LogP contribution in [0.3, 0.4) is 0 Å². The summed E-state index contributed by atoms with van der Waals surface area (Å²) in [5, 5.41) is 6.01. The van der Waals surface area contributed by atoms with Crippen molar-refractivity contribution in [2.45, 2.75) is 23.6 Å². The molecular formula is C18H29N3O4S. The van der Waals surface area contributed by atoms with Crippen LogP contribution in [0, 0.1) is 0 Å². The van der Waals surface area contributed by atoms with Crippen LogP contribution in [0.1, 0.15) is 24.4 Å². The zero-order chi connectivity index (χ0) is 19.4. The van der Waals surface area contributed by atoms with Crippen LogP contribution in [-0.4, -0.2) is 71.1 Å². The van der Waals surface area contributed by atoms with E-state index in [1.54, 1.807) is 7.11 Å². The minimum atomic E-state index is -3.52. The SMILES string of the molecule is COc1cccc(C(CNC(=O)C2(S(C)(=O)=O)CCNCC2)N(C)C)c1. The lowest BCUT2D eigenvalue weighted by Gasteiger charge is -2.35. The van der Waals surface area contributed by atoms with Gasteiger partial charge in [-0.1, -0.05) is 12.1 Å². The van der Waals surface area contributed by atoms with Gasteiger partial charge in [0.05, 0.1) is 13.2 Å². The fraction of sp³-hybridized carbons (Fsp3) is 0.611. The number of benzene rings is 1. The van der Waals surface area contributed by atoms with E-state index in [4.69, 9.17) is 4.74 Å². The van der Waals surface area contributed by atoms with Gasteiger partial charge in [0.2, 0.25) is 5.91 Å². The summed E-state index contributed by atoms with van der Waals surface area (Å²) in [6, 6.07) is 7.57. The van der Waals surface area contributed by atoms with Gasteiger partial charge in [-0.25, -0.2) is 8.42 Å². The number of hydrogen-bond acceptors (Lipinski definition) is 6. The van der Waals surface area contributed by atoms with Crippen LogP contribution in [0.4, 0.5) is 0 Å². The van der Waals surface area contributed by atoms with Gasteiger partial charge in [-0.15, -0.1) is 0 Å². The van der Waals surface area contributed by atoms with Crippen molar-refractivity contribution in [1.82, 2.24) is 15.5 Å². The summed E-state index contributed by atoms with van der Waals surface area (Å²) in [7, 11) is 1.94. The number of amides is 1. The van der Waals surface area contributed by atoms with E-state index in [1.165, 1.54) is 0 Å². The molecule has 0 saturated carbocycles. The molecule has 1 aromatic carbocycles. The van der Waals surface area contributed by atoms with Crippen LogP contribution in [0.2, 0.25) is 0 Å². The van der Waals surface area contributed by atoms with Crippen molar-refractivity contribution in [3.05, 3.63) is 29.8 Å². The van der Waals surface area contributed by atoms with E-state index in [1.807, 2.05) is 43.3 Å². The Labute approximate surface area is 156 Å². The number of methoxy groups -OCH3 is 1. The molecule has 1 aromatic rings. The second-order valence-electron chi connectivity index (χ2n) is 6.98. The van der Waals surface area contributed by atoms with E-state index in [2.05, 4.69) is 10.6 Å². The molecule has 1 saturated heterocycles. The number of rotatable bonds is 7. The molecule has 1 heterocycles. The zero-order valence-corrected chi connectivity index (χ0v) is 16.7. The maximum Gasteiger partial charge on any atom is 0.241 e. The average Bonchev–Trinajstić information content (AvgIpc) is 2.61. The Morgan fingerprint density at radius 2 is 2.00 bits per heavy atom. The summed E-state index contributed by atoms with van der Waals surface area (Å²) in [6.07, 6.45) is 1.75. The lowest BCUT2D eigenvalue weighted by molar-refractivity contribution is -0.124. The maximum atomic E-state index is 12.9. The number of sulfone groups is 1. The first-order valence-electron chi connectivity index (χ1n) is 8.70. The first kappa shape index (κ1) is 20.7. The molecule has 1 unspecified atom stereocenters. The molecule has 0 bridgehead atoms. The number of likely N-dealkylation sites (N-methyl/N-ethyl adjacent to an activating group) is 1. The molecule has 26 heavy (non-hydrogen) atoms. The molecule has 2 N–H and O–H groups in total. The Kier molecular flexibility index (Phi) is 6.65. The van der Waals surface area contributed by atoms with Crippen LogP contribution >= 0.6 is 0 Å². The number of nitrogens with zero attached hydrogens (tertiary/aromatic N) is 1. The predicted molar refractivity (Wildman–Crippen MR) is 102 cm³/mol. The van der Waals surface area contributed by atoms with E-state index in [0.29, 0.717) is 32.5 Å². The Hall–Kier alpha value is -1.64. The van der Waals surface area contributed by atoms with Gasteiger partial charge in [0.1, 0.15) is 5.75 Å². The van der Waals surface area contributed by atoms with Crippen LogP contribution in [0.25, 0.3) is 0 Å². The molecule has 2 rings (SSSR count). The highest BCUT2D eigenvalue weighted by molar-refractivity contribution is 7.92. The summed E-state index contributed by atoms with van der Waals surface area (Å²) in [5.41, 5.74) is 0.994. The van der Waals surface area contributed by atoms with Crippen LogP contribution in [-0.2, 0) is 14.6 Å². The molecule has 0 aliphatic carbocycles. The van der Waals surface area contributed by atoms with Gasteiger partial charge < -0.3 is 20.3 Å². The first-order chi connectivity index (χ1) is 12.2. The molecule has 1 aliphatic heterocycles. The summed E-state index contributed by atoms with van der Waals surface area (Å²) in [6.45, 7) is 1.37. The van der Waals surface area contributed by atoms with Crippen molar-refractivity contribution in [1.29, 1.82) is 0 Å². The Morgan fingerprint density at radius 1 is 1.35 bits per heavy atom. The summed E-state index contributed by atoms with van der Waals surface area (Å²) < 4.78 is 28.7. The van der Waals surface area contributed by atoms with Crippen LogP contribution in [0.5, 0.6) is 5.75 Å². The van der Waals surface area contributed by atoms with E-state index >= 15 is 0 Å². The Bertz CT molecular complexity index is 728. The quantitative estimate of drug-likeness (QED) is 0.716. The summed E-state index contributed by atoms with van der Waals surface area (Å²) in [4.78, 5) is 14.9. The van der Waals surface area contributed by atoms with E-state index < -0.39 is 20.5 Å². The molecule has 1 atom stereocenters. The normalized spacial score (nSPS) is 18.3. The molecule has 0 aromatic heterocycles. The number of piperidine rings is 1. The monoisotopic (exact) mass is 383 g/mol. The molecular weight excluding hydrogens is 354 g/mol. The third-order valence-corrected chi connectivity index (χ3v) is 7.11. The molecule has 146 valence electrons. The molecule has 1 aliphatic rings. The van der Waals surface area contributed by atoms with E-state index in [0.717, 1.165) is 17.6 Å². The van der Waals surface area contributed by atoms with E-state index in [-0.39, 0.29) is 6.04 Å². The van der Waals surface area contributed by atoms with Crippen molar-refractivity contribution in [3.63, 3.8) is 0 Å². The molecule has 7 nitrogen and oxygen atoms in total. The first-order valence-corrected chi connectivity index (χ1v) is 10.6. The van der Waals surface area contributed by atoms with Gasteiger partial charge in [0, 0.05) is 12.8 Å². The molecule has 1 amide bonds. The number of nitrogens with one attached hydrogen (secondary N) is 2. The smallest absolute Gasteiger partial charge is 0.241 e. The van der Waals surface area contributed by atoms with Crippen molar-refractivity contribution in [2.24, 2.45) is 0 Å². The van der Waals surface area contributed by atoms with E-state index in [9.17, 15) is 13.2 Å². The largest absolute Gasteiger partial charge is 0.497 e. The van der Waals surface area contributed by atoms with Crippen molar-refractivity contribution < 1.29 is 17.9 Å². The fourth-order valence-electron chi connectivity index (χ4n) is 3.39. The van der Waals surface area contributed by atoms with Crippen LogP contribution < -0.4 is 15.4 Å². The molecule has 8 heteroatoms. The topological polar surface area (TPSA) is 87.7 Å². The Morgan fingerprint density at radius 3 is 2.54 bits per heavy atom. The number of hydrogen-bond donors (Lipinski definition) is 2. The fourth-order valence-corrected chi connectivity index (χ4v) is 4.75. The van der Waals surface area contributed by atoms with Crippen molar-refractivity contribution in [2.75, 3.05) is 47.1 Å². The minimum absolute atomic E-state index is 0.0904. The average molecular weight is 384 g/mol. The zero-order valence-electron chi connectivity index (χ0n) is 15.9. The number of ether oxygens (including phenoxy) is 1. The third kappa shape index (κ3) is 4.36. The second-order valence-corrected chi connectivity index (χ2v) is 9.31. The van der Waals surface area contributed by atoms with Crippen molar-refractivity contribution in [3.8, 4) is 5.75 Å². The lowest BCUT2D eigenvalue weighted by atomic mass is 9.95. The third-order valence-electron chi connectivity index (χ3n) is 5.09. The molecule has 0 radical (unpaired) electrons. The number of carbonyl (C=O) groups excluding carboxylic acids is 1. The van der Waals surface area contributed by atoms with Gasteiger partial charge in [-0.2, -0.15) is 0 Å². The number of carbonyl (C=O) groups is 1. The predicted octanol–water partition coefficient (Wildman–Crippen LogP) is 0.581. The van der Waals surface area contributed by atoms with Gasteiger partial charge in [0.25, 0.3) is 0 Å². The minimum Gasteiger partial charge on any atom is -0.497 e. The maximum absolute atomic E-state index is 12.9. The lowest BCUT2D eigenvalue weighted by Crippen LogP contribution is -2.58. The Balaban J connectivity index is 2.18. The standard InChI is InChI=1S/C18H29N3O4S/c1-21(2)16(14-6-5-7-15(12-14)25-3)13-20-17(22)18(26(4,23)24)8-10-19-11-9-18/h5-7,12,16,19H,8-11,13H2,1-4H3,(H,20,22). The van der Waals surface area contributed by atoms with Crippen LogP contribution in [0.15, 0.2) is 24.3 Å². The van der Waals surface area contributed by atoms with Gasteiger partial charge >= 0.3 is 0 Å². The molecule has 1 fully saturated rings. The second kappa shape index (κ2) is 8.37. The molecule has 0 spiro atoms. The summed E-state index contributed by atoms with van der Waals surface area (Å²) in [5.74, 6) is 0.336. The highest BCUT2D eigenvalue weighted by atomic mass is 32.2. The highest BCUT2D eigenvalue weighted by Crippen LogP contribution is 2.29. The summed E-state index contributed by atoms with van der Waals surface area (Å²) >= 11 is 0. The van der Waals surface area contributed by atoms with Gasteiger partial charge in [0.15, 0.2) is 14.6 Å². The highest BCUT2D eigenvalue weighted by Gasteiger charge is 2.48.